The van der Waals surface area contributed by atoms with Crippen LogP contribution in [0.15, 0.2) is 36.4 Å². The molecule has 0 aliphatic carbocycles. The van der Waals surface area contributed by atoms with Crippen LogP contribution < -0.4 is 5.73 Å². The number of fused-ring (bicyclic) bond motifs is 1. The third-order valence-electron chi connectivity index (χ3n) is 2.70. The molecule has 0 bridgehead atoms. The van der Waals surface area contributed by atoms with Crippen molar-refractivity contribution in [2.45, 2.75) is 6.92 Å². The molecule has 3 rings (SSSR count). The summed E-state index contributed by atoms with van der Waals surface area (Å²) in [6.45, 7) is 2.03. The molecule has 2 nitrogen and oxygen atoms in total. The molecule has 4 heteroatoms. The minimum Gasteiger partial charge on any atom is -0.399 e. The molecule has 1 heterocycles. The first-order valence-corrected chi connectivity index (χ1v) is 6.75. The molecule has 0 amide bonds. The van der Waals surface area contributed by atoms with Gasteiger partial charge in [-0.05, 0) is 48.9 Å². The smallest absolute Gasteiger partial charge is 0.124 e. The van der Waals surface area contributed by atoms with Crippen molar-refractivity contribution in [2.75, 3.05) is 5.73 Å². The van der Waals surface area contributed by atoms with E-state index in [2.05, 4.69) is 11.1 Å². The number of hydrogen-bond donors (Lipinski definition) is 1. The van der Waals surface area contributed by atoms with Crippen molar-refractivity contribution in [2.24, 2.45) is 0 Å². The molecule has 2 aromatic carbocycles. The number of nitrogen functional groups attached to an aromatic ring is 1. The maximum Gasteiger partial charge on any atom is 0.124 e. The first-order valence-electron chi connectivity index (χ1n) is 5.55. The van der Waals surface area contributed by atoms with E-state index in [1.54, 1.807) is 11.3 Å². The maximum absolute atomic E-state index is 6.08. The summed E-state index contributed by atoms with van der Waals surface area (Å²) in [5, 5.41) is 1.71. The third kappa shape index (κ3) is 2.07. The number of rotatable bonds is 1. The molecule has 0 saturated heterocycles. The Kier molecular flexibility index (Phi) is 2.73. The van der Waals surface area contributed by atoms with Crippen LogP contribution in [0.1, 0.15) is 5.56 Å². The molecule has 0 fully saturated rings. The van der Waals surface area contributed by atoms with Crippen LogP contribution in [0.2, 0.25) is 5.02 Å². The summed E-state index contributed by atoms with van der Waals surface area (Å²) in [4.78, 5) is 4.61. The molecule has 90 valence electrons. The fourth-order valence-electron chi connectivity index (χ4n) is 1.92. The van der Waals surface area contributed by atoms with Crippen LogP contribution in [0.5, 0.6) is 0 Å². The highest BCUT2D eigenvalue weighted by molar-refractivity contribution is 7.21. The fraction of sp³-hybridized carbons (Fsp3) is 0.0714. The molecule has 0 spiro atoms. The predicted molar refractivity (Wildman–Crippen MR) is 79.2 cm³/mol. The Morgan fingerprint density at radius 2 is 2.00 bits per heavy atom. The maximum atomic E-state index is 6.08. The fourth-order valence-corrected chi connectivity index (χ4v) is 3.22. The van der Waals surface area contributed by atoms with Crippen LogP contribution in [0, 0.1) is 6.92 Å². The number of thiazole rings is 1. The zero-order valence-corrected chi connectivity index (χ0v) is 11.3. The van der Waals surface area contributed by atoms with Crippen LogP contribution in [-0.4, -0.2) is 4.98 Å². The average molecular weight is 275 g/mol. The standard InChI is InChI=1S/C14H11ClN2S/c1-8-4-9(6-10(15)5-8)14-17-12-3-2-11(16)7-13(12)18-14/h2-7H,16H2,1H3. The molecule has 0 aliphatic heterocycles. The molecule has 0 atom stereocenters. The van der Waals surface area contributed by atoms with Gasteiger partial charge < -0.3 is 5.73 Å². The van der Waals surface area contributed by atoms with Gasteiger partial charge in [0, 0.05) is 16.3 Å². The number of hydrogen-bond acceptors (Lipinski definition) is 3. The van der Waals surface area contributed by atoms with Crippen LogP contribution >= 0.6 is 22.9 Å². The first-order chi connectivity index (χ1) is 8.61. The molecule has 1 aromatic heterocycles. The van der Waals surface area contributed by atoms with Gasteiger partial charge in [-0.2, -0.15) is 0 Å². The Bertz CT molecular complexity index is 713. The molecule has 0 radical (unpaired) electrons. The summed E-state index contributed by atoms with van der Waals surface area (Å²) >= 11 is 7.71. The van der Waals surface area contributed by atoms with E-state index in [-0.39, 0.29) is 0 Å². The minimum absolute atomic E-state index is 0.740. The Balaban J connectivity index is 2.19. The molecular weight excluding hydrogens is 264 g/mol. The number of halogens is 1. The first kappa shape index (κ1) is 11.5. The van der Waals surface area contributed by atoms with E-state index in [1.165, 1.54) is 0 Å². The normalized spacial score (nSPS) is 11.0. The minimum atomic E-state index is 0.740. The van der Waals surface area contributed by atoms with Gasteiger partial charge in [0.1, 0.15) is 5.01 Å². The Morgan fingerprint density at radius 1 is 1.17 bits per heavy atom. The van der Waals surface area contributed by atoms with Gasteiger partial charge in [-0.25, -0.2) is 4.98 Å². The second-order valence-electron chi connectivity index (χ2n) is 4.26. The van der Waals surface area contributed by atoms with Crippen molar-refractivity contribution in [3.63, 3.8) is 0 Å². The quantitative estimate of drug-likeness (QED) is 0.663. The van der Waals surface area contributed by atoms with E-state index in [9.17, 15) is 0 Å². The number of nitrogens with zero attached hydrogens (tertiary/aromatic N) is 1. The van der Waals surface area contributed by atoms with Crippen LogP contribution in [-0.2, 0) is 0 Å². The topological polar surface area (TPSA) is 38.9 Å². The van der Waals surface area contributed by atoms with Gasteiger partial charge >= 0.3 is 0 Å². The molecule has 0 aliphatic rings. The summed E-state index contributed by atoms with van der Waals surface area (Å²) < 4.78 is 1.10. The predicted octanol–water partition coefficient (Wildman–Crippen LogP) is 4.51. The lowest BCUT2D eigenvalue weighted by Crippen LogP contribution is -1.81. The summed E-state index contributed by atoms with van der Waals surface area (Å²) in [5.41, 5.74) is 9.71. The summed E-state index contributed by atoms with van der Waals surface area (Å²) in [5.74, 6) is 0. The number of benzene rings is 2. The lowest BCUT2D eigenvalue weighted by atomic mass is 10.1. The molecule has 0 unspecified atom stereocenters. The van der Waals surface area contributed by atoms with Crippen LogP contribution in [0.4, 0.5) is 5.69 Å². The van der Waals surface area contributed by atoms with Gasteiger partial charge in [-0.15, -0.1) is 11.3 Å². The van der Waals surface area contributed by atoms with Crippen molar-refractivity contribution in [3.05, 3.63) is 47.0 Å². The van der Waals surface area contributed by atoms with E-state index in [0.717, 1.165) is 37.1 Å². The van der Waals surface area contributed by atoms with Gasteiger partial charge in [0.05, 0.1) is 10.2 Å². The van der Waals surface area contributed by atoms with E-state index < -0.39 is 0 Å². The summed E-state index contributed by atoms with van der Waals surface area (Å²) in [6.07, 6.45) is 0. The van der Waals surface area contributed by atoms with E-state index >= 15 is 0 Å². The van der Waals surface area contributed by atoms with Crippen molar-refractivity contribution in [1.82, 2.24) is 4.98 Å². The Hall–Kier alpha value is -1.58. The Morgan fingerprint density at radius 3 is 2.78 bits per heavy atom. The monoisotopic (exact) mass is 274 g/mol. The highest BCUT2D eigenvalue weighted by Crippen LogP contribution is 2.32. The van der Waals surface area contributed by atoms with E-state index in [1.807, 2.05) is 37.3 Å². The molecule has 18 heavy (non-hydrogen) atoms. The zero-order chi connectivity index (χ0) is 12.7. The molecule has 0 saturated carbocycles. The van der Waals surface area contributed by atoms with Gasteiger partial charge in [0.2, 0.25) is 0 Å². The van der Waals surface area contributed by atoms with Crippen molar-refractivity contribution in [3.8, 4) is 10.6 Å². The number of nitrogens with two attached hydrogens (primary N) is 1. The SMILES string of the molecule is Cc1cc(Cl)cc(-c2nc3ccc(N)cc3s2)c1. The van der Waals surface area contributed by atoms with Crippen molar-refractivity contribution >= 4 is 38.8 Å². The van der Waals surface area contributed by atoms with E-state index in [0.29, 0.717) is 0 Å². The van der Waals surface area contributed by atoms with Crippen LogP contribution in [0.25, 0.3) is 20.8 Å². The Labute approximate surface area is 114 Å². The lowest BCUT2D eigenvalue weighted by molar-refractivity contribution is 1.43. The van der Waals surface area contributed by atoms with Gasteiger partial charge in [-0.3, -0.25) is 0 Å². The van der Waals surface area contributed by atoms with Gasteiger partial charge in [0.15, 0.2) is 0 Å². The molecule has 3 aromatic rings. The van der Waals surface area contributed by atoms with Crippen molar-refractivity contribution < 1.29 is 0 Å². The summed E-state index contributed by atoms with van der Waals surface area (Å²) in [6, 6.07) is 11.7. The highest BCUT2D eigenvalue weighted by Gasteiger charge is 2.07. The van der Waals surface area contributed by atoms with Gasteiger partial charge in [-0.1, -0.05) is 11.6 Å². The number of aryl methyl sites for hydroxylation is 1. The zero-order valence-electron chi connectivity index (χ0n) is 9.77. The molecular formula is C14H11ClN2S. The van der Waals surface area contributed by atoms with Gasteiger partial charge in [0.25, 0.3) is 0 Å². The second-order valence-corrected chi connectivity index (χ2v) is 5.73. The third-order valence-corrected chi connectivity index (χ3v) is 3.99. The van der Waals surface area contributed by atoms with Crippen LogP contribution in [0.3, 0.4) is 0 Å². The lowest BCUT2D eigenvalue weighted by Gasteiger charge is -1.99. The summed E-state index contributed by atoms with van der Waals surface area (Å²) in [7, 11) is 0. The molecule has 2 N–H and O–H groups in total. The number of aromatic nitrogens is 1. The highest BCUT2D eigenvalue weighted by atomic mass is 35.5. The number of anilines is 1. The van der Waals surface area contributed by atoms with E-state index in [4.69, 9.17) is 17.3 Å². The second kappa shape index (κ2) is 4.26. The largest absolute Gasteiger partial charge is 0.399 e. The van der Waals surface area contributed by atoms with Crippen molar-refractivity contribution in [1.29, 1.82) is 0 Å². The average Bonchev–Trinajstić information content (AvgIpc) is 2.70.